The number of amides is 2. The van der Waals surface area contributed by atoms with Crippen LogP contribution in [0.1, 0.15) is 36.0 Å². The van der Waals surface area contributed by atoms with Gasteiger partial charge in [0.25, 0.3) is 0 Å². The van der Waals surface area contributed by atoms with Gasteiger partial charge >= 0.3 is 12.1 Å². The topological polar surface area (TPSA) is 106 Å². The molecule has 1 aliphatic carbocycles. The Labute approximate surface area is 262 Å². The van der Waals surface area contributed by atoms with Gasteiger partial charge in [0, 0.05) is 18.8 Å². The van der Waals surface area contributed by atoms with Crippen LogP contribution >= 0.6 is 0 Å². The van der Waals surface area contributed by atoms with E-state index in [1.807, 2.05) is 84.9 Å². The van der Waals surface area contributed by atoms with Crippen molar-refractivity contribution < 1.29 is 28.7 Å². The van der Waals surface area contributed by atoms with Crippen molar-refractivity contribution in [3.63, 3.8) is 0 Å². The fourth-order valence-electron chi connectivity index (χ4n) is 5.97. The van der Waals surface area contributed by atoms with Crippen LogP contribution in [0.2, 0.25) is 0 Å². The fraction of sp³-hybridized carbons (Fsp3) is 0.250. The molecule has 9 nitrogen and oxygen atoms in total. The molecule has 0 radical (unpaired) electrons. The minimum atomic E-state index is -0.956. The van der Waals surface area contributed by atoms with Gasteiger partial charge in [0.05, 0.1) is 12.3 Å². The molecule has 6 rings (SSSR count). The Hall–Kier alpha value is -5.15. The molecule has 0 bridgehead atoms. The van der Waals surface area contributed by atoms with Crippen LogP contribution in [0.4, 0.5) is 10.5 Å². The molecule has 9 heteroatoms. The normalized spacial score (nSPS) is 17.6. The number of nitrogens with one attached hydrogen (secondary N) is 2. The summed E-state index contributed by atoms with van der Waals surface area (Å²) >= 11 is 0. The van der Waals surface area contributed by atoms with Crippen LogP contribution in [0.3, 0.4) is 0 Å². The van der Waals surface area contributed by atoms with Crippen molar-refractivity contribution in [1.29, 1.82) is 0 Å². The molecule has 0 unspecified atom stereocenters. The lowest BCUT2D eigenvalue weighted by molar-refractivity contribution is -0.154. The lowest BCUT2D eigenvalue weighted by Gasteiger charge is -2.27. The second-order valence-electron chi connectivity index (χ2n) is 11.0. The van der Waals surface area contributed by atoms with Gasteiger partial charge in [-0.3, -0.25) is 9.63 Å². The minimum Gasteiger partial charge on any atom is -0.464 e. The van der Waals surface area contributed by atoms with Gasteiger partial charge in [0.2, 0.25) is 5.91 Å². The van der Waals surface area contributed by atoms with Crippen molar-refractivity contribution in [2.75, 3.05) is 18.3 Å². The average molecular weight is 606 g/mol. The summed E-state index contributed by atoms with van der Waals surface area (Å²) in [5, 5.41) is 7.29. The largest absolute Gasteiger partial charge is 0.464 e. The summed E-state index contributed by atoms with van der Waals surface area (Å²) in [7, 11) is 0. The highest BCUT2D eigenvalue weighted by Crippen LogP contribution is 2.44. The monoisotopic (exact) mass is 605 g/mol. The Morgan fingerprint density at radius 2 is 1.42 bits per heavy atom. The van der Waals surface area contributed by atoms with Crippen LogP contribution in [0.25, 0.3) is 11.1 Å². The van der Waals surface area contributed by atoms with E-state index in [1.165, 1.54) is 5.06 Å². The van der Waals surface area contributed by atoms with E-state index in [9.17, 15) is 14.4 Å². The number of hydroxylamine groups is 1. The number of nitrogens with zero attached hydrogens (tertiary/aromatic N) is 1. The number of benzene rings is 4. The van der Waals surface area contributed by atoms with Gasteiger partial charge in [-0.25, -0.2) is 14.7 Å². The Kier molecular flexibility index (Phi) is 9.07. The van der Waals surface area contributed by atoms with Crippen LogP contribution in [-0.4, -0.2) is 49.5 Å². The third kappa shape index (κ3) is 6.68. The van der Waals surface area contributed by atoms with E-state index >= 15 is 0 Å². The van der Waals surface area contributed by atoms with Crippen molar-refractivity contribution in [1.82, 2.24) is 10.6 Å². The van der Waals surface area contributed by atoms with Gasteiger partial charge in [-0.05, 0) is 46.9 Å². The Morgan fingerprint density at radius 1 is 0.822 bits per heavy atom. The molecule has 0 saturated carbocycles. The third-order valence-electron chi connectivity index (χ3n) is 8.07. The fourth-order valence-corrected chi connectivity index (χ4v) is 5.97. The molecule has 2 N–H and O–H groups in total. The van der Waals surface area contributed by atoms with Gasteiger partial charge in [0.1, 0.15) is 18.8 Å². The second kappa shape index (κ2) is 13.7. The van der Waals surface area contributed by atoms with E-state index in [4.69, 9.17) is 14.3 Å². The van der Waals surface area contributed by atoms with E-state index in [-0.39, 0.29) is 32.0 Å². The van der Waals surface area contributed by atoms with Crippen LogP contribution in [0.5, 0.6) is 0 Å². The van der Waals surface area contributed by atoms with Crippen molar-refractivity contribution in [3.8, 4) is 11.1 Å². The molecule has 1 saturated heterocycles. The molecule has 45 heavy (non-hydrogen) atoms. The number of carbonyl (C=O) groups is 3. The molecule has 2 amide bonds. The van der Waals surface area contributed by atoms with Crippen molar-refractivity contribution >= 4 is 23.7 Å². The molecule has 230 valence electrons. The summed E-state index contributed by atoms with van der Waals surface area (Å²) in [6.45, 7) is 2.06. The first-order valence-electron chi connectivity index (χ1n) is 15.1. The minimum absolute atomic E-state index is 0.112. The molecule has 2 aliphatic rings. The summed E-state index contributed by atoms with van der Waals surface area (Å²) < 4.78 is 10.9. The van der Waals surface area contributed by atoms with E-state index in [1.54, 1.807) is 6.92 Å². The van der Waals surface area contributed by atoms with Gasteiger partial charge in [-0.1, -0.05) is 97.1 Å². The summed E-state index contributed by atoms with van der Waals surface area (Å²) in [4.78, 5) is 45.6. The van der Waals surface area contributed by atoms with Crippen LogP contribution in [0, 0.1) is 0 Å². The smallest absolute Gasteiger partial charge is 0.407 e. The predicted molar refractivity (Wildman–Crippen MR) is 169 cm³/mol. The molecule has 4 aromatic rings. The van der Waals surface area contributed by atoms with Gasteiger partial charge in [0.15, 0.2) is 6.10 Å². The first-order chi connectivity index (χ1) is 22.0. The number of rotatable bonds is 10. The van der Waals surface area contributed by atoms with Crippen molar-refractivity contribution in [3.05, 3.63) is 126 Å². The van der Waals surface area contributed by atoms with Gasteiger partial charge < -0.3 is 20.1 Å². The number of anilines is 1. The zero-order valence-electron chi connectivity index (χ0n) is 24.9. The second-order valence-corrected chi connectivity index (χ2v) is 11.0. The highest BCUT2D eigenvalue weighted by Gasteiger charge is 2.41. The quantitative estimate of drug-likeness (QED) is 0.235. The lowest BCUT2D eigenvalue weighted by Crippen LogP contribution is -2.53. The van der Waals surface area contributed by atoms with E-state index in [0.717, 1.165) is 27.8 Å². The SMILES string of the molecule is CCOC(=O)[C@H]1C[C@H](NC(=O)[C@H](Cc2ccccc2)NC(=O)OCC2c3ccccc3-c3ccccc32)N(c2ccccc2)O1. The zero-order valence-corrected chi connectivity index (χ0v) is 24.9. The van der Waals surface area contributed by atoms with Gasteiger partial charge in [-0.15, -0.1) is 0 Å². The summed E-state index contributed by atoms with van der Waals surface area (Å²) in [6.07, 6.45) is -1.87. The maximum Gasteiger partial charge on any atom is 0.407 e. The molecule has 3 atom stereocenters. The zero-order chi connectivity index (χ0) is 31.2. The predicted octanol–water partition coefficient (Wildman–Crippen LogP) is 5.35. The average Bonchev–Trinajstić information content (AvgIpc) is 3.64. The summed E-state index contributed by atoms with van der Waals surface area (Å²) in [5.74, 6) is -1.06. The van der Waals surface area contributed by atoms with Crippen LogP contribution in [0.15, 0.2) is 109 Å². The summed E-state index contributed by atoms with van der Waals surface area (Å²) in [6, 6.07) is 33.9. The number of hydrogen-bond acceptors (Lipinski definition) is 7. The number of ether oxygens (including phenoxy) is 2. The number of hydrogen-bond donors (Lipinski definition) is 2. The van der Waals surface area contributed by atoms with Gasteiger partial charge in [-0.2, -0.15) is 0 Å². The Bertz CT molecular complexity index is 1600. The standard InChI is InChI=1S/C36H35N3O6/c1-2-43-35(41)32-22-33(39(45-32)25-15-7-4-8-16-25)38-34(40)31(21-24-13-5-3-6-14-24)37-36(42)44-23-30-28-19-11-9-17-26(28)27-18-10-12-20-29(27)30/h3-20,30-33H,2,21-23H2,1H3,(H,37,42)(H,38,40)/t31-,32+,33+/m0/s1. The van der Waals surface area contributed by atoms with E-state index < -0.39 is 36.3 Å². The number of esters is 1. The highest BCUT2D eigenvalue weighted by atomic mass is 16.7. The molecule has 0 spiro atoms. The third-order valence-corrected chi connectivity index (χ3v) is 8.07. The molecule has 0 aromatic heterocycles. The highest BCUT2D eigenvalue weighted by molar-refractivity contribution is 5.87. The number of fused-ring (bicyclic) bond motifs is 3. The maximum atomic E-state index is 13.8. The Balaban J connectivity index is 1.17. The van der Waals surface area contributed by atoms with Crippen molar-refractivity contribution in [2.45, 2.75) is 44.0 Å². The van der Waals surface area contributed by atoms with E-state index in [2.05, 4.69) is 34.9 Å². The van der Waals surface area contributed by atoms with Crippen molar-refractivity contribution in [2.24, 2.45) is 0 Å². The molecule has 1 fully saturated rings. The Morgan fingerprint density at radius 3 is 2.07 bits per heavy atom. The van der Waals surface area contributed by atoms with E-state index in [0.29, 0.717) is 5.69 Å². The number of para-hydroxylation sites is 1. The molecule has 4 aromatic carbocycles. The lowest BCUT2D eigenvalue weighted by atomic mass is 9.98. The maximum absolute atomic E-state index is 13.8. The summed E-state index contributed by atoms with van der Waals surface area (Å²) in [5.41, 5.74) is 5.99. The first kappa shape index (κ1) is 29.9. The molecular weight excluding hydrogens is 570 g/mol. The number of alkyl carbamates (subject to hydrolysis) is 1. The molecule has 1 aliphatic heterocycles. The molecular formula is C36H35N3O6. The van der Waals surface area contributed by atoms with Crippen LogP contribution < -0.4 is 15.7 Å². The number of carbonyl (C=O) groups excluding carboxylic acids is 3. The van der Waals surface area contributed by atoms with Crippen LogP contribution in [-0.2, 0) is 30.3 Å². The first-order valence-corrected chi connectivity index (χ1v) is 15.1. The molecule has 1 heterocycles.